The number of hydrogen-bond donors (Lipinski definition) is 1. The SMILES string of the molecule is CCC(CC)CC(N)c1cc(C)c(F)cc1F. The Morgan fingerprint density at radius 1 is 1.12 bits per heavy atom. The summed E-state index contributed by atoms with van der Waals surface area (Å²) in [6.07, 6.45) is 2.81. The number of halogens is 2. The number of benzene rings is 1. The quantitative estimate of drug-likeness (QED) is 0.825. The van der Waals surface area contributed by atoms with Gasteiger partial charge in [-0.05, 0) is 30.9 Å². The molecule has 0 amide bonds. The summed E-state index contributed by atoms with van der Waals surface area (Å²) in [7, 11) is 0. The van der Waals surface area contributed by atoms with Gasteiger partial charge in [0.2, 0.25) is 0 Å². The lowest BCUT2D eigenvalue weighted by molar-refractivity contribution is 0.406. The first-order valence-electron chi connectivity index (χ1n) is 6.20. The van der Waals surface area contributed by atoms with Crippen molar-refractivity contribution in [2.75, 3.05) is 0 Å². The zero-order chi connectivity index (χ0) is 13.0. The molecule has 1 unspecified atom stereocenters. The summed E-state index contributed by atoms with van der Waals surface area (Å²) < 4.78 is 26.8. The first-order chi connectivity index (χ1) is 7.99. The summed E-state index contributed by atoms with van der Waals surface area (Å²) in [5.41, 5.74) is 6.88. The minimum absolute atomic E-state index is 0.348. The van der Waals surface area contributed by atoms with Gasteiger partial charge in [-0.25, -0.2) is 8.78 Å². The molecule has 17 heavy (non-hydrogen) atoms. The summed E-state index contributed by atoms with van der Waals surface area (Å²) in [6.45, 7) is 5.84. The second-order valence-corrected chi connectivity index (χ2v) is 4.65. The lowest BCUT2D eigenvalue weighted by Gasteiger charge is -2.19. The van der Waals surface area contributed by atoms with E-state index < -0.39 is 11.6 Å². The normalized spacial score (nSPS) is 13.1. The molecule has 0 bridgehead atoms. The molecule has 0 heterocycles. The maximum Gasteiger partial charge on any atom is 0.130 e. The highest BCUT2D eigenvalue weighted by Gasteiger charge is 2.17. The second kappa shape index (κ2) is 6.10. The van der Waals surface area contributed by atoms with Crippen LogP contribution in [0.25, 0.3) is 0 Å². The van der Waals surface area contributed by atoms with E-state index in [0.717, 1.165) is 25.3 Å². The molecule has 1 rings (SSSR count). The molecule has 0 saturated carbocycles. The third-order valence-corrected chi connectivity index (χ3v) is 3.42. The van der Waals surface area contributed by atoms with E-state index >= 15 is 0 Å². The molecule has 1 nitrogen and oxygen atoms in total. The summed E-state index contributed by atoms with van der Waals surface area (Å²) in [5, 5.41) is 0. The van der Waals surface area contributed by atoms with Crippen LogP contribution in [0.3, 0.4) is 0 Å². The van der Waals surface area contributed by atoms with Gasteiger partial charge >= 0.3 is 0 Å². The Morgan fingerprint density at radius 3 is 2.24 bits per heavy atom. The van der Waals surface area contributed by atoms with Crippen molar-refractivity contribution in [3.63, 3.8) is 0 Å². The Balaban J connectivity index is 2.88. The molecular weight excluding hydrogens is 220 g/mol. The molecule has 0 aliphatic carbocycles. The first kappa shape index (κ1) is 14.1. The van der Waals surface area contributed by atoms with Crippen LogP contribution >= 0.6 is 0 Å². The fraction of sp³-hybridized carbons (Fsp3) is 0.571. The summed E-state index contributed by atoms with van der Waals surface area (Å²) in [6, 6.07) is 2.11. The maximum absolute atomic E-state index is 13.6. The van der Waals surface area contributed by atoms with Gasteiger partial charge in [-0.1, -0.05) is 26.7 Å². The lowest BCUT2D eigenvalue weighted by Crippen LogP contribution is -2.17. The van der Waals surface area contributed by atoms with E-state index in [9.17, 15) is 8.78 Å². The van der Waals surface area contributed by atoms with Crippen LogP contribution in [0, 0.1) is 24.5 Å². The summed E-state index contributed by atoms with van der Waals surface area (Å²) in [5.74, 6) is -0.553. The predicted molar refractivity (Wildman–Crippen MR) is 66.7 cm³/mol. The number of nitrogens with two attached hydrogens (primary N) is 1. The zero-order valence-electron chi connectivity index (χ0n) is 10.8. The lowest BCUT2D eigenvalue weighted by atomic mass is 9.91. The van der Waals surface area contributed by atoms with Gasteiger partial charge < -0.3 is 5.73 Å². The molecule has 0 spiro atoms. The minimum Gasteiger partial charge on any atom is -0.324 e. The molecular formula is C14H21F2N. The fourth-order valence-corrected chi connectivity index (χ4v) is 2.07. The van der Waals surface area contributed by atoms with Crippen LogP contribution in [0.2, 0.25) is 0 Å². The van der Waals surface area contributed by atoms with E-state index in [1.807, 2.05) is 0 Å². The Morgan fingerprint density at radius 2 is 1.71 bits per heavy atom. The van der Waals surface area contributed by atoms with Crippen molar-refractivity contribution in [1.82, 2.24) is 0 Å². The molecule has 1 aromatic carbocycles. The van der Waals surface area contributed by atoms with Gasteiger partial charge in [-0.15, -0.1) is 0 Å². The van der Waals surface area contributed by atoms with Crippen LogP contribution in [0.15, 0.2) is 12.1 Å². The summed E-state index contributed by atoms with van der Waals surface area (Å²) >= 11 is 0. The van der Waals surface area contributed by atoms with Gasteiger partial charge in [0, 0.05) is 17.7 Å². The molecule has 1 atom stereocenters. The maximum atomic E-state index is 13.6. The third kappa shape index (κ3) is 3.50. The van der Waals surface area contributed by atoms with Gasteiger partial charge in [0.15, 0.2) is 0 Å². The molecule has 0 radical (unpaired) electrons. The molecule has 2 N–H and O–H groups in total. The molecule has 1 aromatic rings. The second-order valence-electron chi connectivity index (χ2n) is 4.65. The first-order valence-corrected chi connectivity index (χ1v) is 6.20. The van der Waals surface area contributed by atoms with Gasteiger partial charge in [0.1, 0.15) is 11.6 Å². The third-order valence-electron chi connectivity index (χ3n) is 3.42. The van der Waals surface area contributed by atoms with Crippen LogP contribution in [0.5, 0.6) is 0 Å². The smallest absolute Gasteiger partial charge is 0.130 e. The molecule has 96 valence electrons. The largest absolute Gasteiger partial charge is 0.324 e. The van der Waals surface area contributed by atoms with E-state index in [1.165, 1.54) is 6.07 Å². The van der Waals surface area contributed by atoms with Gasteiger partial charge in [0.25, 0.3) is 0 Å². The monoisotopic (exact) mass is 241 g/mol. The van der Waals surface area contributed by atoms with Crippen LogP contribution in [0.4, 0.5) is 8.78 Å². The molecule has 0 aromatic heterocycles. The minimum atomic E-state index is -0.536. The molecule has 0 saturated heterocycles. The van der Waals surface area contributed by atoms with Gasteiger partial charge in [0.05, 0.1) is 0 Å². The van der Waals surface area contributed by atoms with Crippen molar-refractivity contribution in [3.05, 3.63) is 34.9 Å². The highest BCUT2D eigenvalue weighted by molar-refractivity contribution is 5.28. The van der Waals surface area contributed by atoms with E-state index in [0.29, 0.717) is 17.0 Å². The van der Waals surface area contributed by atoms with Crippen molar-refractivity contribution in [1.29, 1.82) is 0 Å². The van der Waals surface area contributed by atoms with E-state index in [4.69, 9.17) is 5.73 Å². The van der Waals surface area contributed by atoms with E-state index in [-0.39, 0.29) is 6.04 Å². The Bertz CT molecular complexity index is 373. The van der Waals surface area contributed by atoms with Crippen molar-refractivity contribution in [2.45, 2.75) is 46.1 Å². The van der Waals surface area contributed by atoms with Gasteiger partial charge in [-0.2, -0.15) is 0 Å². The van der Waals surface area contributed by atoms with Crippen LogP contribution in [-0.2, 0) is 0 Å². The number of rotatable bonds is 5. The topological polar surface area (TPSA) is 26.0 Å². The van der Waals surface area contributed by atoms with Crippen molar-refractivity contribution in [2.24, 2.45) is 11.7 Å². The fourth-order valence-electron chi connectivity index (χ4n) is 2.07. The average molecular weight is 241 g/mol. The van der Waals surface area contributed by atoms with Crippen LogP contribution in [-0.4, -0.2) is 0 Å². The Hall–Kier alpha value is -0.960. The van der Waals surface area contributed by atoms with Gasteiger partial charge in [-0.3, -0.25) is 0 Å². The highest BCUT2D eigenvalue weighted by atomic mass is 19.1. The zero-order valence-corrected chi connectivity index (χ0v) is 10.8. The Kier molecular flexibility index (Phi) is 5.06. The van der Waals surface area contributed by atoms with Crippen molar-refractivity contribution < 1.29 is 8.78 Å². The van der Waals surface area contributed by atoms with Crippen LogP contribution in [0.1, 0.15) is 50.3 Å². The molecule has 0 aliphatic rings. The van der Waals surface area contributed by atoms with E-state index in [2.05, 4.69) is 13.8 Å². The molecule has 3 heteroatoms. The molecule has 0 fully saturated rings. The number of aryl methyl sites for hydroxylation is 1. The standard InChI is InChI=1S/C14H21F2N/c1-4-10(5-2)7-14(17)11-6-9(3)12(15)8-13(11)16/h6,8,10,14H,4-5,7,17H2,1-3H3. The van der Waals surface area contributed by atoms with Crippen molar-refractivity contribution >= 4 is 0 Å². The number of hydrogen-bond acceptors (Lipinski definition) is 1. The highest BCUT2D eigenvalue weighted by Crippen LogP contribution is 2.26. The molecule has 0 aliphatic heterocycles. The van der Waals surface area contributed by atoms with Crippen LogP contribution < -0.4 is 5.73 Å². The Labute approximate surface area is 102 Å². The predicted octanol–water partition coefficient (Wildman–Crippen LogP) is 4.10. The average Bonchev–Trinajstić information content (AvgIpc) is 2.30. The summed E-state index contributed by atoms with van der Waals surface area (Å²) in [4.78, 5) is 0. The van der Waals surface area contributed by atoms with E-state index in [1.54, 1.807) is 6.92 Å². The van der Waals surface area contributed by atoms with Crippen molar-refractivity contribution in [3.8, 4) is 0 Å².